The van der Waals surface area contributed by atoms with Crippen molar-refractivity contribution in [3.05, 3.63) is 23.7 Å². The Morgan fingerprint density at radius 3 is 2.65 bits per heavy atom. The van der Waals surface area contributed by atoms with E-state index in [1.807, 2.05) is 6.26 Å². The molecule has 0 amide bonds. The van der Waals surface area contributed by atoms with Gasteiger partial charge in [-0.2, -0.15) is 0 Å². The molecule has 0 bridgehead atoms. The predicted octanol–water partition coefficient (Wildman–Crippen LogP) is 3.79. The Kier molecular flexibility index (Phi) is 6.11. The fraction of sp³-hybridized carbons (Fsp3) is 0.765. The highest BCUT2D eigenvalue weighted by Crippen LogP contribution is 2.29. The summed E-state index contributed by atoms with van der Waals surface area (Å²) in [5, 5.41) is 3.34. The van der Waals surface area contributed by atoms with E-state index in [-0.39, 0.29) is 0 Å². The van der Waals surface area contributed by atoms with Crippen LogP contribution in [-0.4, -0.2) is 24.5 Å². The maximum absolute atomic E-state index is 5.60. The molecule has 0 saturated heterocycles. The molecule has 0 spiro atoms. The van der Waals surface area contributed by atoms with Crippen LogP contribution in [-0.2, 0) is 13.1 Å². The van der Waals surface area contributed by atoms with Gasteiger partial charge in [0, 0.05) is 18.2 Å². The summed E-state index contributed by atoms with van der Waals surface area (Å²) in [6.07, 6.45) is 8.70. The number of rotatable bonds is 7. The second kappa shape index (κ2) is 7.84. The molecule has 1 N–H and O–H groups in total. The Morgan fingerprint density at radius 2 is 2.00 bits per heavy atom. The van der Waals surface area contributed by atoms with Gasteiger partial charge >= 0.3 is 0 Å². The number of hydrogen-bond acceptors (Lipinski definition) is 3. The van der Waals surface area contributed by atoms with Crippen molar-refractivity contribution in [2.75, 3.05) is 13.6 Å². The van der Waals surface area contributed by atoms with Gasteiger partial charge in [0.05, 0.1) is 12.8 Å². The monoisotopic (exact) mass is 278 g/mol. The van der Waals surface area contributed by atoms with Gasteiger partial charge in [-0.1, -0.05) is 20.3 Å². The molecule has 1 aromatic rings. The van der Waals surface area contributed by atoms with Gasteiger partial charge in [-0.15, -0.1) is 0 Å². The summed E-state index contributed by atoms with van der Waals surface area (Å²) in [6.45, 7) is 7.29. The first-order chi connectivity index (χ1) is 9.74. The minimum Gasteiger partial charge on any atom is -0.468 e. The molecule has 3 nitrogen and oxygen atoms in total. The third kappa shape index (κ3) is 4.10. The van der Waals surface area contributed by atoms with E-state index < -0.39 is 0 Å². The van der Waals surface area contributed by atoms with Crippen LogP contribution in [0, 0.1) is 5.92 Å². The molecule has 0 radical (unpaired) electrons. The van der Waals surface area contributed by atoms with Gasteiger partial charge in [-0.25, -0.2) is 0 Å². The molecule has 1 aliphatic carbocycles. The maximum Gasteiger partial charge on any atom is 0.122 e. The molecule has 20 heavy (non-hydrogen) atoms. The summed E-state index contributed by atoms with van der Waals surface area (Å²) in [6, 6.07) is 2.88. The van der Waals surface area contributed by atoms with Crippen LogP contribution in [0.15, 0.2) is 16.7 Å². The Hall–Kier alpha value is -0.800. The molecule has 1 heterocycles. The first-order valence-electron chi connectivity index (χ1n) is 8.20. The molecule has 0 unspecified atom stereocenters. The maximum atomic E-state index is 5.60. The first-order valence-corrected chi connectivity index (χ1v) is 8.20. The van der Waals surface area contributed by atoms with Gasteiger partial charge in [0.25, 0.3) is 0 Å². The molecule has 114 valence electrons. The van der Waals surface area contributed by atoms with Crippen molar-refractivity contribution in [1.29, 1.82) is 0 Å². The van der Waals surface area contributed by atoms with Gasteiger partial charge in [0.1, 0.15) is 5.76 Å². The van der Waals surface area contributed by atoms with Gasteiger partial charge in [-0.05, 0) is 51.3 Å². The third-order valence-electron chi connectivity index (χ3n) is 4.81. The second-order valence-corrected chi connectivity index (χ2v) is 6.15. The van der Waals surface area contributed by atoms with Crippen LogP contribution < -0.4 is 5.32 Å². The van der Waals surface area contributed by atoms with Crippen LogP contribution in [0.4, 0.5) is 0 Å². The van der Waals surface area contributed by atoms with Crippen LogP contribution in [0.1, 0.15) is 57.3 Å². The highest BCUT2D eigenvalue weighted by atomic mass is 16.3. The van der Waals surface area contributed by atoms with Gasteiger partial charge in [0.15, 0.2) is 0 Å². The first kappa shape index (κ1) is 15.6. The van der Waals surface area contributed by atoms with Crippen LogP contribution in [0.3, 0.4) is 0 Å². The van der Waals surface area contributed by atoms with Crippen LogP contribution in [0.2, 0.25) is 0 Å². The highest BCUT2D eigenvalue weighted by molar-refractivity contribution is 5.17. The zero-order valence-corrected chi connectivity index (χ0v) is 13.3. The predicted molar refractivity (Wildman–Crippen MR) is 83.6 cm³/mol. The van der Waals surface area contributed by atoms with E-state index in [0.717, 1.165) is 37.4 Å². The molecule has 1 fully saturated rings. The van der Waals surface area contributed by atoms with Crippen LogP contribution in [0.5, 0.6) is 0 Å². The zero-order valence-electron chi connectivity index (χ0n) is 13.3. The van der Waals surface area contributed by atoms with Crippen LogP contribution >= 0.6 is 0 Å². The quantitative estimate of drug-likeness (QED) is 0.822. The molecule has 1 saturated carbocycles. The van der Waals surface area contributed by atoms with E-state index in [4.69, 9.17) is 4.42 Å². The number of furan rings is 1. The van der Waals surface area contributed by atoms with E-state index >= 15 is 0 Å². The van der Waals surface area contributed by atoms with Crippen molar-refractivity contribution < 1.29 is 4.42 Å². The summed E-state index contributed by atoms with van der Waals surface area (Å²) < 4.78 is 5.60. The summed E-state index contributed by atoms with van der Waals surface area (Å²) in [5.74, 6) is 2.07. The summed E-state index contributed by atoms with van der Waals surface area (Å²) in [5.41, 5.74) is 1.34. The van der Waals surface area contributed by atoms with Crippen molar-refractivity contribution in [3.63, 3.8) is 0 Å². The number of hydrogen-bond donors (Lipinski definition) is 1. The van der Waals surface area contributed by atoms with Crippen molar-refractivity contribution in [3.8, 4) is 0 Å². The highest BCUT2D eigenvalue weighted by Gasteiger charge is 2.23. The summed E-state index contributed by atoms with van der Waals surface area (Å²) in [7, 11) is 2.26. The fourth-order valence-corrected chi connectivity index (χ4v) is 3.29. The molecular formula is C17H30N2O. The SMILES string of the molecule is CCNCc1occc1CN(C)C1CCC(CC)CC1. The second-order valence-electron chi connectivity index (χ2n) is 6.15. The molecule has 2 rings (SSSR count). The zero-order chi connectivity index (χ0) is 14.4. The molecule has 0 aromatic carbocycles. The average Bonchev–Trinajstić information content (AvgIpc) is 2.92. The van der Waals surface area contributed by atoms with Crippen molar-refractivity contribution >= 4 is 0 Å². The third-order valence-corrected chi connectivity index (χ3v) is 4.81. The fourth-order valence-electron chi connectivity index (χ4n) is 3.29. The lowest BCUT2D eigenvalue weighted by atomic mass is 9.84. The molecule has 3 heteroatoms. The van der Waals surface area contributed by atoms with E-state index in [2.05, 4.69) is 37.2 Å². The molecule has 0 atom stereocenters. The largest absolute Gasteiger partial charge is 0.468 e. The molecule has 1 aromatic heterocycles. The van der Waals surface area contributed by atoms with Crippen LogP contribution in [0.25, 0.3) is 0 Å². The van der Waals surface area contributed by atoms with E-state index in [1.54, 1.807) is 0 Å². The minimum atomic E-state index is 0.750. The average molecular weight is 278 g/mol. The summed E-state index contributed by atoms with van der Waals surface area (Å²) in [4.78, 5) is 2.52. The number of nitrogens with zero attached hydrogens (tertiary/aromatic N) is 1. The summed E-state index contributed by atoms with van der Waals surface area (Å²) >= 11 is 0. The van der Waals surface area contributed by atoms with Gasteiger partial charge in [0.2, 0.25) is 0 Å². The number of nitrogens with one attached hydrogen (secondary N) is 1. The van der Waals surface area contributed by atoms with Crippen molar-refractivity contribution in [1.82, 2.24) is 10.2 Å². The van der Waals surface area contributed by atoms with E-state index in [9.17, 15) is 0 Å². The Morgan fingerprint density at radius 1 is 1.25 bits per heavy atom. The normalized spacial score (nSPS) is 23.4. The Bertz CT molecular complexity index is 380. The lowest BCUT2D eigenvalue weighted by Gasteiger charge is -2.34. The van der Waals surface area contributed by atoms with Crippen molar-refractivity contribution in [2.24, 2.45) is 5.92 Å². The minimum absolute atomic E-state index is 0.750. The standard InChI is InChI=1S/C17H30N2O/c1-4-14-6-8-16(9-7-14)19(3)13-15-10-11-20-17(15)12-18-5-2/h10-11,14,16,18H,4-9,12-13H2,1-3H3. The molecule has 1 aliphatic rings. The van der Waals surface area contributed by atoms with Gasteiger partial charge < -0.3 is 9.73 Å². The topological polar surface area (TPSA) is 28.4 Å². The molecular weight excluding hydrogens is 248 g/mol. The van der Waals surface area contributed by atoms with E-state index in [1.165, 1.54) is 37.7 Å². The van der Waals surface area contributed by atoms with Gasteiger partial charge in [-0.3, -0.25) is 4.90 Å². The smallest absolute Gasteiger partial charge is 0.122 e. The van der Waals surface area contributed by atoms with E-state index in [0.29, 0.717) is 0 Å². The Balaban J connectivity index is 1.85. The lowest BCUT2D eigenvalue weighted by Crippen LogP contribution is -2.34. The molecule has 0 aliphatic heterocycles. The lowest BCUT2D eigenvalue weighted by molar-refractivity contribution is 0.156. The van der Waals surface area contributed by atoms with Crippen molar-refractivity contribution in [2.45, 2.75) is 65.1 Å². The Labute approximate surface area is 123 Å².